The third-order valence-corrected chi connectivity index (χ3v) is 25.8. The van der Waals surface area contributed by atoms with Crippen molar-refractivity contribution in [2.45, 2.75) is 274 Å². The number of carbonyl (C=O) groups is 12. The minimum absolute atomic E-state index is 0.0363. The Bertz CT molecular complexity index is 3350. The first-order valence-corrected chi connectivity index (χ1v) is 40.4. The predicted molar refractivity (Wildman–Crippen MR) is 398 cm³/mol. The lowest BCUT2D eigenvalue weighted by Gasteiger charge is -2.54. The Labute approximate surface area is 650 Å². The van der Waals surface area contributed by atoms with Crippen molar-refractivity contribution in [1.82, 2.24) is 60.0 Å². The molecule has 5 aliphatic carbocycles. The molecule has 3 N–H and O–H groups in total. The summed E-state index contributed by atoms with van der Waals surface area (Å²) in [5.74, 6) is -14.4. The highest BCUT2D eigenvalue weighted by atomic mass is 19.4. The highest BCUT2D eigenvalue weighted by Crippen LogP contribution is 2.50. The maximum absolute atomic E-state index is 15.9. The number of methoxy groups -OCH3 is 1. The van der Waals surface area contributed by atoms with Gasteiger partial charge in [0.2, 0.25) is 70.9 Å². The number of likely N-dealkylation sites (N-methyl/N-ethyl adjacent to an activating group) is 7. The Morgan fingerprint density at radius 2 is 1.26 bits per heavy atom. The smallest absolute Gasteiger partial charge is 0.381 e. The molecular formula is C79H124F6N12O14. The topological polar surface area (TPSA) is 289 Å². The molecule has 2 bridgehead atoms. The minimum Gasteiger partial charge on any atom is -0.381 e. The maximum Gasteiger partial charge on any atom is 0.394 e. The second-order valence-electron chi connectivity index (χ2n) is 34.1. The average Bonchev–Trinajstić information content (AvgIpc) is 1.51. The number of carbonyl (C=O) groups excluding carboxylic acids is 12. The van der Waals surface area contributed by atoms with Crippen molar-refractivity contribution in [3.05, 3.63) is 12.2 Å². The largest absolute Gasteiger partial charge is 0.394 e. The van der Waals surface area contributed by atoms with E-state index in [1.54, 1.807) is 32.9 Å². The SMILES string of the molecule is CCO[C@@H]1C[C@H]2C(=O)NC3(CC(C)(C)C3)C(=O)N(C)[C@@H](C3CCCC3)C(=O)N(C)[C@H](C(=O)N(C)CC)CC(=O)N(C)[C@@H](C3CCC3)C(=O)N[C@@H]([C@@H](C)CC)C(=O)N(C)CC(=O)N(C)[C@H]3C/C=C\CCN(C3=O)[C@@H](CC3CCC(C(F)(F)F)CC3)C(=O)N(C)CC(=O)N[C@@H](CCC3CCC(C(F)(F)F)C(OC)C3)C(=O)N2C1. The van der Waals surface area contributed by atoms with Gasteiger partial charge in [-0.15, -0.1) is 0 Å². The van der Waals surface area contributed by atoms with Crippen LogP contribution in [0.4, 0.5) is 26.3 Å². The van der Waals surface area contributed by atoms with Gasteiger partial charge in [-0.25, -0.2) is 0 Å². The van der Waals surface area contributed by atoms with Crippen LogP contribution in [0.15, 0.2) is 12.2 Å². The molecule has 8 aliphatic rings. The molecule has 3 heterocycles. The van der Waals surface area contributed by atoms with E-state index in [0.717, 1.165) is 21.1 Å². The van der Waals surface area contributed by atoms with Gasteiger partial charge >= 0.3 is 12.4 Å². The van der Waals surface area contributed by atoms with Crippen LogP contribution in [0.25, 0.3) is 0 Å². The lowest BCUT2D eigenvalue weighted by atomic mass is 9.58. The molecule has 5 saturated carbocycles. The fourth-order valence-corrected chi connectivity index (χ4v) is 18.8. The standard InChI is InChI=1S/C79H124F6N12O14/c1-15-47(4)64-73(107)91(9)44-63(100)92(10)56-28-19-18-22-37-96(72(56)106)59(38-48-29-33-52(34-30-48)78(80,81)82)71(105)90(8)43-61(98)86-55(36-32-49-31-35-54(79(83,84)85)60(39-49)110-14)69(103)97-42-53(111-17-3)40-57(97)67(101)88-77(45-76(5,6)46-77)75(109)95(13)66(51-24-20-21-25-51)74(108)93(11)58(70(104)89(7)16-2)41-62(99)94(12)65(68(102)87-64)50-26-23-27-50/h18-19,47-60,64-66H,15-17,20-46H2,1-14H3,(H,86,98)(H,87,102)(H,88,101)/b19-18-/t47-,48?,49?,52?,53+,54?,55-,56-,57-,58-,59-,60?,64-,65-,66-/m0/s1. The van der Waals surface area contributed by atoms with E-state index in [1.165, 1.54) is 85.8 Å². The molecule has 26 nitrogen and oxygen atoms in total. The van der Waals surface area contributed by atoms with E-state index in [9.17, 15) is 45.5 Å². The molecule has 1 spiro atoms. The Hall–Kier alpha value is -7.12. The van der Waals surface area contributed by atoms with Crippen molar-refractivity contribution in [2.24, 2.45) is 46.8 Å². The lowest BCUT2D eigenvalue weighted by Crippen LogP contribution is -2.71. The molecule has 2 saturated heterocycles. The fraction of sp³-hybridized carbons (Fsp3) is 0.823. The highest BCUT2D eigenvalue weighted by Gasteiger charge is 2.60. The number of hydrogen-bond donors (Lipinski definition) is 3. The van der Waals surface area contributed by atoms with E-state index >= 15 is 38.4 Å². The van der Waals surface area contributed by atoms with Gasteiger partial charge in [0.05, 0.1) is 43.6 Å². The summed E-state index contributed by atoms with van der Waals surface area (Å²) >= 11 is 0. The van der Waals surface area contributed by atoms with Gasteiger partial charge in [0.15, 0.2) is 0 Å². The van der Waals surface area contributed by atoms with Crippen LogP contribution in [0.5, 0.6) is 0 Å². The van der Waals surface area contributed by atoms with Crippen molar-refractivity contribution < 1.29 is 93.4 Å². The van der Waals surface area contributed by atoms with Crippen LogP contribution in [0.3, 0.4) is 0 Å². The molecule has 8 rings (SSSR count). The summed E-state index contributed by atoms with van der Waals surface area (Å²) in [4.78, 5) is 195. The van der Waals surface area contributed by atoms with E-state index in [1.807, 2.05) is 20.8 Å². The fourth-order valence-electron chi connectivity index (χ4n) is 18.8. The zero-order chi connectivity index (χ0) is 82.1. The first-order chi connectivity index (χ1) is 52.1. The summed E-state index contributed by atoms with van der Waals surface area (Å²) < 4.78 is 97.2. The lowest BCUT2D eigenvalue weighted by molar-refractivity contribution is -0.215. The number of ether oxygens (including phenoxy) is 2. The Morgan fingerprint density at radius 3 is 1.84 bits per heavy atom. The Balaban J connectivity index is 1.22. The summed E-state index contributed by atoms with van der Waals surface area (Å²) in [6.07, 6.45) is -4.39. The average molecular weight is 1580 g/mol. The Morgan fingerprint density at radius 1 is 0.640 bits per heavy atom. The van der Waals surface area contributed by atoms with Crippen molar-refractivity contribution in [3.8, 4) is 0 Å². The highest BCUT2D eigenvalue weighted by molar-refractivity contribution is 6.01. The van der Waals surface area contributed by atoms with Crippen LogP contribution in [0.1, 0.15) is 196 Å². The molecule has 0 aromatic carbocycles. The maximum atomic E-state index is 15.9. The number of alkyl halides is 6. The number of nitrogens with zero attached hydrogens (tertiary/aromatic N) is 9. The third kappa shape index (κ3) is 21.3. The van der Waals surface area contributed by atoms with Crippen molar-refractivity contribution in [2.75, 3.05) is 95.8 Å². The predicted octanol–water partition coefficient (Wildman–Crippen LogP) is 6.86. The van der Waals surface area contributed by atoms with Gasteiger partial charge in [-0.2, -0.15) is 26.3 Å². The molecule has 13 atom stereocenters. The molecule has 3 unspecified atom stereocenters. The van der Waals surface area contributed by atoms with Crippen molar-refractivity contribution >= 4 is 70.9 Å². The Kier molecular flexibility index (Phi) is 30.5. The second-order valence-corrected chi connectivity index (χ2v) is 34.1. The quantitative estimate of drug-likeness (QED) is 0.118. The van der Waals surface area contributed by atoms with E-state index in [-0.39, 0.29) is 123 Å². The summed E-state index contributed by atoms with van der Waals surface area (Å²) in [5.41, 5.74) is -2.26. The number of nitrogens with one attached hydrogen (secondary N) is 3. The third-order valence-electron chi connectivity index (χ3n) is 25.8. The molecule has 0 aromatic rings. The number of fused-ring (bicyclic) bond motifs is 3. The van der Waals surface area contributed by atoms with Crippen LogP contribution in [0.2, 0.25) is 0 Å². The van der Waals surface area contributed by atoms with Crippen molar-refractivity contribution in [1.29, 1.82) is 0 Å². The van der Waals surface area contributed by atoms with Gasteiger partial charge < -0.3 is 69.5 Å². The van der Waals surface area contributed by atoms with E-state index in [0.29, 0.717) is 44.9 Å². The second kappa shape index (κ2) is 37.9. The zero-order valence-corrected chi connectivity index (χ0v) is 67.7. The first-order valence-electron chi connectivity index (χ1n) is 40.4. The molecule has 626 valence electrons. The summed E-state index contributed by atoms with van der Waals surface area (Å²) in [7, 11) is 11.0. The molecule has 7 fully saturated rings. The molecule has 12 amide bonds. The molecule has 32 heteroatoms. The molecule has 0 radical (unpaired) electrons. The van der Waals surface area contributed by atoms with Crippen LogP contribution in [-0.2, 0) is 67.0 Å². The molecular weight excluding hydrogens is 1450 g/mol. The van der Waals surface area contributed by atoms with Crippen LogP contribution in [0, 0.1) is 46.8 Å². The van der Waals surface area contributed by atoms with Gasteiger partial charge in [0, 0.05) is 89.1 Å². The van der Waals surface area contributed by atoms with E-state index < -0.39 is 216 Å². The number of rotatable bonds is 14. The van der Waals surface area contributed by atoms with Gasteiger partial charge in [0.25, 0.3) is 0 Å². The van der Waals surface area contributed by atoms with Crippen LogP contribution in [-0.4, -0.2) is 289 Å². The molecule has 0 aromatic heterocycles. The van der Waals surface area contributed by atoms with Gasteiger partial charge in [-0.3, -0.25) is 57.5 Å². The van der Waals surface area contributed by atoms with Gasteiger partial charge in [-0.1, -0.05) is 65.5 Å². The minimum atomic E-state index is -4.57. The summed E-state index contributed by atoms with van der Waals surface area (Å²) in [6, 6.07) is -10.8. The summed E-state index contributed by atoms with van der Waals surface area (Å²) in [5, 5.41) is 8.80. The van der Waals surface area contributed by atoms with Crippen molar-refractivity contribution in [3.63, 3.8) is 0 Å². The van der Waals surface area contributed by atoms with Gasteiger partial charge in [-0.05, 0) is 164 Å². The number of amides is 12. The van der Waals surface area contributed by atoms with Crippen LogP contribution >= 0.6 is 0 Å². The summed E-state index contributed by atoms with van der Waals surface area (Å²) in [6.45, 7) is 9.42. The number of hydrogen-bond acceptors (Lipinski definition) is 14. The first kappa shape index (κ1) is 89.4. The normalized spacial score (nSPS) is 32.0. The zero-order valence-electron chi connectivity index (χ0n) is 67.7. The molecule has 111 heavy (non-hydrogen) atoms. The van der Waals surface area contributed by atoms with Crippen LogP contribution < -0.4 is 16.0 Å². The van der Waals surface area contributed by atoms with Gasteiger partial charge in [0.1, 0.15) is 53.9 Å². The number of halogens is 6. The van der Waals surface area contributed by atoms with E-state index in [2.05, 4.69) is 16.0 Å². The van der Waals surface area contributed by atoms with E-state index in [4.69, 9.17) is 9.47 Å². The monoisotopic (exact) mass is 1580 g/mol. The molecule has 3 aliphatic heterocycles.